The van der Waals surface area contributed by atoms with Crippen LogP contribution in [-0.2, 0) is 12.5 Å². The van der Waals surface area contributed by atoms with Crippen molar-refractivity contribution in [1.29, 1.82) is 0 Å². The molecule has 3 heterocycles. The van der Waals surface area contributed by atoms with Gasteiger partial charge in [0.2, 0.25) is 5.82 Å². The Morgan fingerprint density at radius 3 is 2.42 bits per heavy atom. The zero-order valence-electron chi connectivity index (χ0n) is 22.1. The molecule has 0 saturated carbocycles. The Hall–Kier alpha value is -3.89. The van der Waals surface area contributed by atoms with Crippen LogP contribution in [0.25, 0.3) is 5.82 Å². The van der Waals surface area contributed by atoms with Gasteiger partial charge in [-0.15, -0.1) is 5.10 Å². The number of hydrogen-bond acceptors (Lipinski definition) is 8. The summed E-state index contributed by atoms with van der Waals surface area (Å²) in [6.45, 7) is 1.97. The molecule has 0 aliphatic heterocycles. The summed E-state index contributed by atoms with van der Waals surface area (Å²) in [5.41, 5.74) is 0.946. The summed E-state index contributed by atoms with van der Waals surface area (Å²) in [5.74, 6) is -7.06. The van der Waals surface area contributed by atoms with E-state index in [2.05, 4.69) is 36.2 Å². The van der Waals surface area contributed by atoms with Gasteiger partial charge in [-0.05, 0) is 47.2 Å². The van der Waals surface area contributed by atoms with Crippen molar-refractivity contribution in [3.8, 4) is 5.82 Å². The van der Waals surface area contributed by atoms with Gasteiger partial charge < -0.3 is 10.6 Å². The first-order valence-electron chi connectivity index (χ1n) is 12.1. The Morgan fingerprint density at radius 1 is 1.09 bits per heavy atom. The van der Waals surface area contributed by atoms with E-state index >= 15 is 0 Å². The van der Waals surface area contributed by atoms with Crippen molar-refractivity contribution in [2.24, 2.45) is 0 Å². The lowest BCUT2D eigenvalue weighted by Crippen LogP contribution is -2.36. The number of aromatic nitrogens is 7. The number of aldehydes is 1. The number of carbonyl (C=O) groups is 2. The van der Waals surface area contributed by atoms with Crippen LogP contribution >= 0.6 is 34.8 Å². The van der Waals surface area contributed by atoms with Crippen molar-refractivity contribution in [3.63, 3.8) is 0 Å². The molecule has 1 aromatic carbocycles. The standard InChI is InChI=1S/C13H7ClF5N7O.C11H14Cl2N2O/c14-9-2-1-3-20-10(9)26-8(6-27)4-7(22-26)5-25-11(21-23-24-25)12(15,16)13(17,18)19;1-3-4-15-11(16)8-5-7(12)6-9(13)10(8)14-2/h1-4,6H,5H2;5-6,14H,3-4H2,1-2H3,(H,15,16). The van der Waals surface area contributed by atoms with Crippen molar-refractivity contribution in [1.82, 2.24) is 40.3 Å². The fourth-order valence-electron chi connectivity index (χ4n) is 3.47. The van der Waals surface area contributed by atoms with Gasteiger partial charge in [0.1, 0.15) is 5.69 Å². The zero-order valence-corrected chi connectivity index (χ0v) is 24.4. The summed E-state index contributed by atoms with van der Waals surface area (Å²) in [6, 6.07) is 7.37. The molecule has 2 N–H and O–H groups in total. The van der Waals surface area contributed by atoms with Gasteiger partial charge in [0.05, 0.1) is 33.5 Å². The summed E-state index contributed by atoms with van der Waals surface area (Å²) in [7, 11) is 1.71. The molecule has 0 unspecified atom stereocenters. The van der Waals surface area contributed by atoms with E-state index in [0.29, 0.717) is 34.1 Å². The summed E-state index contributed by atoms with van der Waals surface area (Å²) < 4.78 is 66.0. The van der Waals surface area contributed by atoms with Crippen LogP contribution in [0.2, 0.25) is 15.1 Å². The molecular formula is C24H21Cl3F5N9O2. The quantitative estimate of drug-likeness (QED) is 0.174. The Morgan fingerprint density at radius 2 is 1.81 bits per heavy atom. The van der Waals surface area contributed by atoms with Gasteiger partial charge in [0.25, 0.3) is 5.91 Å². The van der Waals surface area contributed by atoms with Crippen LogP contribution in [-0.4, -0.2) is 66.9 Å². The molecule has 0 aliphatic rings. The van der Waals surface area contributed by atoms with Crippen LogP contribution in [0.3, 0.4) is 0 Å². The Bertz CT molecular complexity index is 1590. The zero-order chi connectivity index (χ0) is 31.9. The molecule has 19 heteroatoms. The maximum absolute atomic E-state index is 13.5. The van der Waals surface area contributed by atoms with E-state index in [0.717, 1.165) is 17.2 Å². The first-order chi connectivity index (χ1) is 20.2. The second-order valence-electron chi connectivity index (χ2n) is 8.45. The third-order valence-electron chi connectivity index (χ3n) is 5.41. The maximum Gasteiger partial charge on any atom is 0.461 e. The number of nitrogens with one attached hydrogen (secondary N) is 2. The molecule has 0 aliphatic carbocycles. The molecule has 4 rings (SSSR count). The van der Waals surface area contributed by atoms with E-state index in [9.17, 15) is 31.5 Å². The molecule has 11 nitrogen and oxygen atoms in total. The predicted octanol–water partition coefficient (Wildman–Crippen LogP) is 5.60. The van der Waals surface area contributed by atoms with E-state index in [1.54, 1.807) is 19.2 Å². The van der Waals surface area contributed by atoms with Crippen LogP contribution in [0.15, 0.2) is 36.5 Å². The lowest BCUT2D eigenvalue weighted by molar-refractivity contribution is -0.293. The van der Waals surface area contributed by atoms with Gasteiger partial charge in [-0.2, -0.15) is 27.1 Å². The Kier molecular flexibility index (Phi) is 11.0. The third-order valence-corrected chi connectivity index (χ3v) is 6.22. The van der Waals surface area contributed by atoms with Gasteiger partial charge in [-0.25, -0.2) is 14.3 Å². The minimum absolute atomic E-state index is 0.0530. The molecule has 0 spiro atoms. The van der Waals surface area contributed by atoms with E-state index in [4.69, 9.17) is 34.8 Å². The molecule has 3 aromatic heterocycles. The number of alkyl halides is 5. The largest absolute Gasteiger partial charge is 0.461 e. The number of hydrogen-bond donors (Lipinski definition) is 2. The number of nitrogens with zero attached hydrogens (tertiary/aromatic N) is 7. The highest BCUT2D eigenvalue weighted by Crippen LogP contribution is 2.42. The van der Waals surface area contributed by atoms with Gasteiger partial charge in [0.15, 0.2) is 12.1 Å². The number of anilines is 1. The summed E-state index contributed by atoms with van der Waals surface area (Å²) in [6.07, 6.45) is -3.23. The average Bonchev–Trinajstić information content (AvgIpc) is 3.58. The van der Waals surface area contributed by atoms with Crippen molar-refractivity contribution in [2.75, 3.05) is 18.9 Å². The summed E-state index contributed by atoms with van der Waals surface area (Å²) >= 11 is 17.8. The van der Waals surface area contributed by atoms with E-state index in [1.807, 2.05) is 6.92 Å². The van der Waals surface area contributed by atoms with Gasteiger partial charge in [-0.1, -0.05) is 41.7 Å². The highest BCUT2D eigenvalue weighted by atomic mass is 35.5. The molecule has 0 radical (unpaired) electrons. The number of pyridine rings is 1. The number of halogens is 8. The van der Waals surface area contributed by atoms with E-state index < -0.39 is 24.5 Å². The molecule has 0 saturated heterocycles. The topological polar surface area (TPSA) is 133 Å². The van der Waals surface area contributed by atoms with Gasteiger partial charge in [0, 0.05) is 24.8 Å². The van der Waals surface area contributed by atoms with E-state index in [-0.39, 0.29) is 32.8 Å². The monoisotopic (exact) mass is 667 g/mol. The van der Waals surface area contributed by atoms with E-state index in [1.165, 1.54) is 18.3 Å². The molecule has 4 aromatic rings. The number of benzene rings is 1. The highest BCUT2D eigenvalue weighted by molar-refractivity contribution is 6.37. The number of tetrazole rings is 1. The minimum Gasteiger partial charge on any atom is -0.386 e. The smallest absolute Gasteiger partial charge is 0.386 e. The van der Waals surface area contributed by atoms with Crippen molar-refractivity contribution in [2.45, 2.75) is 32.0 Å². The number of carbonyl (C=O) groups excluding carboxylic acids is 2. The average molecular weight is 669 g/mol. The molecule has 230 valence electrons. The van der Waals surface area contributed by atoms with Crippen molar-refractivity contribution < 1.29 is 31.5 Å². The third kappa shape index (κ3) is 7.74. The minimum atomic E-state index is -5.88. The second kappa shape index (κ2) is 14.1. The summed E-state index contributed by atoms with van der Waals surface area (Å²) in [4.78, 5) is 27.0. The molecule has 43 heavy (non-hydrogen) atoms. The van der Waals surface area contributed by atoms with Crippen LogP contribution in [0.1, 0.15) is 45.7 Å². The normalized spacial score (nSPS) is 11.5. The van der Waals surface area contributed by atoms with Crippen LogP contribution in [0.5, 0.6) is 0 Å². The Labute approximate surface area is 255 Å². The van der Waals surface area contributed by atoms with Crippen LogP contribution in [0.4, 0.5) is 27.6 Å². The molecular weight excluding hydrogens is 648 g/mol. The SMILES string of the molecule is CCCNC(=O)c1cc(Cl)cc(Cl)c1NC.O=Cc1cc(Cn2nnnc2C(F)(F)C(F)(F)F)nn1-c1ncccc1Cl. The lowest BCUT2D eigenvalue weighted by Gasteiger charge is -2.18. The van der Waals surface area contributed by atoms with Crippen molar-refractivity contribution in [3.05, 3.63) is 74.4 Å². The lowest BCUT2D eigenvalue weighted by atomic mass is 10.1. The summed E-state index contributed by atoms with van der Waals surface area (Å²) in [5, 5.41) is 19.5. The first kappa shape index (κ1) is 33.6. The maximum atomic E-state index is 13.5. The number of amides is 1. The predicted molar refractivity (Wildman–Crippen MR) is 147 cm³/mol. The second-order valence-corrected chi connectivity index (χ2v) is 9.70. The molecule has 0 atom stereocenters. The number of rotatable bonds is 9. The fraction of sp³-hybridized carbons (Fsp3) is 0.292. The van der Waals surface area contributed by atoms with Gasteiger partial charge >= 0.3 is 12.1 Å². The molecule has 0 bridgehead atoms. The highest BCUT2D eigenvalue weighted by Gasteiger charge is 2.62. The molecule has 1 amide bonds. The van der Waals surface area contributed by atoms with Gasteiger partial charge in [-0.3, -0.25) is 9.59 Å². The molecule has 0 fully saturated rings. The Balaban J connectivity index is 0.000000271. The van der Waals surface area contributed by atoms with Crippen molar-refractivity contribution >= 4 is 52.7 Å². The van der Waals surface area contributed by atoms with Crippen LogP contribution in [0, 0.1) is 0 Å². The fourth-order valence-corrected chi connectivity index (χ4v) is 4.26. The first-order valence-corrected chi connectivity index (χ1v) is 13.2. The van der Waals surface area contributed by atoms with Crippen LogP contribution < -0.4 is 10.6 Å².